The number of imidazole rings is 1. The number of nitrogens with zero attached hydrogens (tertiary/aromatic N) is 2. The molecule has 1 aromatic carbocycles. The molecule has 0 saturated carbocycles. The minimum atomic E-state index is 0.500. The van der Waals surface area contributed by atoms with Crippen LogP contribution in [0.3, 0.4) is 0 Å². The van der Waals surface area contributed by atoms with Gasteiger partial charge >= 0.3 is 0 Å². The van der Waals surface area contributed by atoms with Crippen LogP contribution in [0.25, 0.3) is 11.0 Å². The number of benzene rings is 1. The Morgan fingerprint density at radius 2 is 2.32 bits per heavy atom. The zero-order chi connectivity index (χ0) is 13.4. The summed E-state index contributed by atoms with van der Waals surface area (Å²) in [6, 6.07) is 5.81. The summed E-state index contributed by atoms with van der Waals surface area (Å²) in [6.45, 7) is 2.37. The molecule has 3 rings (SSSR count). The molecule has 6 heteroatoms. The highest BCUT2D eigenvalue weighted by atomic mass is 32.1. The molecular formula is C13H13N3O2S. The lowest BCUT2D eigenvalue weighted by atomic mass is 10.3. The minimum absolute atomic E-state index is 0.500. The normalized spacial score (nSPS) is 11.1. The molecule has 2 heterocycles. The Balaban J connectivity index is 2.13. The van der Waals surface area contributed by atoms with Gasteiger partial charge < -0.3 is 18.7 Å². The third-order valence-corrected chi connectivity index (χ3v) is 3.28. The first kappa shape index (κ1) is 12.0. The first-order valence-electron chi connectivity index (χ1n) is 5.86. The summed E-state index contributed by atoms with van der Waals surface area (Å²) < 4.78 is 13.4. The Labute approximate surface area is 114 Å². The van der Waals surface area contributed by atoms with Crippen LogP contribution in [-0.4, -0.2) is 21.6 Å². The van der Waals surface area contributed by atoms with E-state index in [0.717, 1.165) is 22.5 Å². The molecule has 3 aromatic rings. The zero-order valence-electron chi connectivity index (χ0n) is 10.6. The number of aryl methyl sites for hydroxylation is 1. The third-order valence-electron chi connectivity index (χ3n) is 2.95. The fourth-order valence-corrected chi connectivity index (χ4v) is 2.36. The topological polar surface area (TPSA) is 56.0 Å². The average Bonchev–Trinajstić information content (AvgIpc) is 2.94. The standard InChI is InChI=1S/C13H13N3O2S/c1-8-6-14-11(18-8)7-16-9-4-3-5-10(17-2)12(9)15-13(16)19/h3-6H,7H2,1-2H3,(H,15,19). The van der Waals surface area contributed by atoms with Crippen LogP contribution in [0.1, 0.15) is 11.7 Å². The number of aromatic nitrogens is 3. The van der Waals surface area contributed by atoms with Crippen molar-refractivity contribution in [2.45, 2.75) is 13.5 Å². The van der Waals surface area contributed by atoms with E-state index < -0.39 is 0 Å². The van der Waals surface area contributed by atoms with Gasteiger partial charge in [0, 0.05) is 0 Å². The maximum Gasteiger partial charge on any atom is 0.214 e. The van der Waals surface area contributed by atoms with Crippen LogP contribution >= 0.6 is 12.2 Å². The van der Waals surface area contributed by atoms with E-state index in [2.05, 4.69) is 9.97 Å². The van der Waals surface area contributed by atoms with Crippen molar-refractivity contribution in [3.63, 3.8) is 0 Å². The average molecular weight is 275 g/mol. The number of fused-ring (bicyclic) bond motifs is 1. The molecule has 98 valence electrons. The Bertz CT molecular complexity index is 785. The molecule has 1 N–H and O–H groups in total. The lowest BCUT2D eigenvalue weighted by molar-refractivity contribution is 0.419. The van der Waals surface area contributed by atoms with Gasteiger partial charge in [-0.2, -0.15) is 0 Å². The highest BCUT2D eigenvalue weighted by Crippen LogP contribution is 2.25. The molecule has 0 saturated heterocycles. The quantitative estimate of drug-likeness (QED) is 0.746. The van der Waals surface area contributed by atoms with Crippen LogP contribution in [0, 0.1) is 11.7 Å². The predicted octanol–water partition coefficient (Wildman–Crippen LogP) is 3.05. The maximum absolute atomic E-state index is 5.49. The first-order valence-corrected chi connectivity index (χ1v) is 6.26. The van der Waals surface area contributed by atoms with E-state index in [-0.39, 0.29) is 0 Å². The summed E-state index contributed by atoms with van der Waals surface area (Å²) >= 11 is 5.35. The summed E-state index contributed by atoms with van der Waals surface area (Å²) in [7, 11) is 1.64. The SMILES string of the molecule is COc1cccc2c1[nH]c(=S)n2Cc1ncc(C)o1. The lowest BCUT2D eigenvalue weighted by Crippen LogP contribution is -1.99. The van der Waals surface area contributed by atoms with Crippen molar-refractivity contribution in [3.05, 3.63) is 40.8 Å². The number of para-hydroxylation sites is 1. The van der Waals surface area contributed by atoms with Crippen LogP contribution < -0.4 is 4.74 Å². The minimum Gasteiger partial charge on any atom is -0.494 e. The zero-order valence-corrected chi connectivity index (χ0v) is 11.5. The number of rotatable bonds is 3. The third kappa shape index (κ3) is 2.04. The van der Waals surface area contributed by atoms with Gasteiger partial charge in [0.05, 0.1) is 18.8 Å². The van der Waals surface area contributed by atoms with Crippen molar-refractivity contribution in [1.29, 1.82) is 0 Å². The van der Waals surface area contributed by atoms with E-state index in [1.54, 1.807) is 13.3 Å². The Morgan fingerprint density at radius 3 is 3.00 bits per heavy atom. The number of oxazole rings is 1. The van der Waals surface area contributed by atoms with E-state index >= 15 is 0 Å². The van der Waals surface area contributed by atoms with Crippen molar-refractivity contribution >= 4 is 23.3 Å². The maximum atomic E-state index is 5.49. The van der Waals surface area contributed by atoms with Crippen LogP contribution in [0.15, 0.2) is 28.8 Å². The molecule has 0 unspecified atom stereocenters. The van der Waals surface area contributed by atoms with Crippen molar-refractivity contribution in [1.82, 2.24) is 14.5 Å². The van der Waals surface area contributed by atoms with E-state index in [1.807, 2.05) is 29.7 Å². The van der Waals surface area contributed by atoms with Crippen molar-refractivity contribution < 1.29 is 9.15 Å². The van der Waals surface area contributed by atoms with Gasteiger partial charge in [-0.3, -0.25) is 0 Å². The molecule has 0 atom stereocenters. The molecule has 0 spiro atoms. The number of ether oxygens (including phenoxy) is 1. The van der Waals surface area contributed by atoms with Crippen LogP contribution in [0.5, 0.6) is 5.75 Å². The van der Waals surface area contributed by atoms with E-state index in [0.29, 0.717) is 17.2 Å². The van der Waals surface area contributed by atoms with Gasteiger partial charge in [0.2, 0.25) is 5.89 Å². The fraction of sp³-hybridized carbons (Fsp3) is 0.231. The second kappa shape index (κ2) is 4.55. The molecule has 0 radical (unpaired) electrons. The van der Waals surface area contributed by atoms with Crippen molar-refractivity contribution in [3.8, 4) is 5.75 Å². The highest BCUT2D eigenvalue weighted by Gasteiger charge is 2.11. The summed E-state index contributed by atoms with van der Waals surface area (Å²) in [5, 5.41) is 0. The smallest absolute Gasteiger partial charge is 0.214 e. The van der Waals surface area contributed by atoms with Crippen LogP contribution in [0.2, 0.25) is 0 Å². The largest absolute Gasteiger partial charge is 0.494 e. The molecule has 0 aliphatic carbocycles. The molecular weight excluding hydrogens is 262 g/mol. The Kier molecular flexibility index (Phi) is 2.87. The van der Waals surface area contributed by atoms with Crippen LogP contribution in [0.4, 0.5) is 0 Å². The molecule has 5 nitrogen and oxygen atoms in total. The molecule has 0 aliphatic rings. The first-order chi connectivity index (χ1) is 9.19. The van der Waals surface area contributed by atoms with Gasteiger partial charge in [-0.1, -0.05) is 6.07 Å². The molecule has 0 fully saturated rings. The van der Waals surface area contributed by atoms with Gasteiger partial charge in [0.25, 0.3) is 0 Å². The van der Waals surface area contributed by atoms with Gasteiger partial charge in [-0.25, -0.2) is 4.98 Å². The van der Waals surface area contributed by atoms with E-state index in [9.17, 15) is 0 Å². The Hall–Kier alpha value is -2.08. The van der Waals surface area contributed by atoms with E-state index in [4.69, 9.17) is 21.4 Å². The van der Waals surface area contributed by atoms with Gasteiger partial charge in [-0.05, 0) is 31.3 Å². The number of hydrogen-bond donors (Lipinski definition) is 1. The number of H-pyrrole nitrogens is 1. The second-order valence-electron chi connectivity index (χ2n) is 4.24. The molecule has 2 aromatic heterocycles. The van der Waals surface area contributed by atoms with Gasteiger partial charge in [0.15, 0.2) is 4.77 Å². The number of nitrogens with one attached hydrogen (secondary N) is 1. The second-order valence-corrected chi connectivity index (χ2v) is 4.62. The molecule has 0 aliphatic heterocycles. The Morgan fingerprint density at radius 1 is 1.47 bits per heavy atom. The molecule has 19 heavy (non-hydrogen) atoms. The predicted molar refractivity (Wildman–Crippen MR) is 74.0 cm³/mol. The van der Waals surface area contributed by atoms with Crippen molar-refractivity contribution in [2.75, 3.05) is 7.11 Å². The number of hydrogen-bond acceptors (Lipinski definition) is 4. The molecule has 0 bridgehead atoms. The highest BCUT2D eigenvalue weighted by molar-refractivity contribution is 7.71. The monoisotopic (exact) mass is 275 g/mol. The summed E-state index contributed by atoms with van der Waals surface area (Å²) in [6.07, 6.45) is 1.70. The fourth-order valence-electron chi connectivity index (χ4n) is 2.09. The number of aromatic amines is 1. The van der Waals surface area contributed by atoms with Crippen molar-refractivity contribution in [2.24, 2.45) is 0 Å². The number of methoxy groups -OCH3 is 1. The van der Waals surface area contributed by atoms with Gasteiger partial charge in [-0.15, -0.1) is 0 Å². The summed E-state index contributed by atoms with van der Waals surface area (Å²) in [5.41, 5.74) is 1.86. The van der Waals surface area contributed by atoms with E-state index in [1.165, 1.54) is 0 Å². The van der Waals surface area contributed by atoms with Gasteiger partial charge in [0.1, 0.15) is 23.6 Å². The van der Waals surface area contributed by atoms with Crippen LogP contribution in [-0.2, 0) is 6.54 Å². The lowest BCUT2D eigenvalue weighted by Gasteiger charge is -2.03. The summed E-state index contributed by atoms with van der Waals surface area (Å²) in [4.78, 5) is 7.36. The molecule has 0 amide bonds. The summed E-state index contributed by atoms with van der Waals surface area (Å²) in [5.74, 6) is 2.20.